The number of phenols is 1. The number of phenolic OH excluding ortho intramolecular Hbond substituents is 1. The number of hydrogen-bond donors (Lipinski definition) is 1. The number of rotatable bonds is 8. The van der Waals surface area contributed by atoms with E-state index in [1.165, 1.54) is 6.92 Å². The fourth-order valence-electron chi connectivity index (χ4n) is 4.68. The van der Waals surface area contributed by atoms with Crippen molar-refractivity contribution in [3.63, 3.8) is 0 Å². The molecule has 0 amide bonds. The second-order valence-electron chi connectivity index (χ2n) is 9.18. The van der Waals surface area contributed by atoms with Gasteiger partial charge in [0.15, 0.2) is 0 Å². The third-order valence-corrected chi connectivity index (χ3v) is 6.46. The van der Waals surface area contributed by atoms with Crippen LogP contribution >= 0.6 is 0 Å². The lowest BCUT2D eigenvalue weighted by Gasteiger charge is -2.16. The van der Waals surface area contributed by atoms with E-state index in [0.29, 0.717) is 18.9 Å². The Morgan fingerprint density at radius 1 is 0.868 bits per heavy atom. The van der Waals surface area contributed by atoms with Crippen LogP contribution < -0.4 is 9.47 Å². The molecule has 1 aromatic heterocycles. The number of allylic oxidation sites excluding steroid dienone is 4. The predicted molar refractivity (Wildman–Crippen MR) is 150 cm³/mol. The number of fused-ring (bicyclic) bond motifs is 1. The van der Waals surface area contributed by atoms with Crippen LogP contribution in [0.5, 0.6) is 17.2 Å². The van der Waals surface area contributed by atoms with Gasteiger partial charge in [-0.15, -0.1) is 0 Å². The Kier molecular flexibility index (Phi) is 7.31. The second-order valence-corrected chi connectivity index (χ2v) is 9.18. The zero-order valence-corrected chi connectivity index (χ0v) is 21.5. The highest BCUT2D eigenvalue weighted by atomic mass is 16.5. The zero-order chi connectivity index (χ0) is 26.5. The SMILES string of the molecule is CC(=O)Oc1ccc2c(c1)c(C)c(-c1ccc(O)cc1)n2Cc1ccc(OCCN2C=CC=CC=C2)cc1. The summed E-state index contributed by atoms with van der Waals surface area (Å²) in [7, 11) is 0. The first-order valence-corrected chi connectivity index (χ1v) is 12.6. The molecule has 0 fully saturated rings. The van der Waals surface area contributed by atoms with Gasteiger partial charge in [-0.3, -0.25) is 4.79 Å². The molecule has 0 saturated carbocycles. The summed E-state index contributed by atoms with van der Waals surface area (Å²) in [5.74, 6) is 1.22. The number of esters is 1. The lowest BCUT2D eigenvalue weighted by Crippen LogP contribution is -2.17. The van der Waals surface area contributed by atoms with Crippen LogP contribution in [0, 0.1) is 6.92 Å². The number of benzene rings is 3. The Balaban J connectivity index is 1.40. The summed E-state index contributed by atoms with van der Waals surface area (Å²) < 4.78 is 13.6. The monoisotopic (exact) mass is 506 g/mol. The van der Waals surface area contributed by atoms with Crippen LogP contribution in [0.15, 0.2) is 103 Å². The molecular formula is C32H30N2O4. The average Bonchev–Trinajstić information content (AvgIpc) is 3.05. The summed E-state index contributed by atoms with van der Waals surface area (Å²) in [5.41, 5.74) is 5.29. The van der Waals surface area contributed by atoms with E-state index in [-0.39, 0.29) is 11.7 Å². The van der Waals surface area contributed by atoms with Crippen LogP contribution in [0.3, 0.4) is 0 Å². The molecule has 2 heterocycles. The summed E-state index contributed by atoms with van der Waals surface area (Å²) in [6.07, 6.45) is 12.1. The van der Waals surface area contributed by atoms with Crippen LogP contribution in [0.1, 0.15) is 18.1 Å². The molecule has 0 radical (unpaired) electrons. The summed E-state index contributed by atoms with van der Waals surface area (Å²) >= 11 is 0. The largest absolute Gasteiger partial charge is 0.508 e. The molecule has 0 atom stereocenters. The quantitative estimate of drug-likeness (QED) is 0.216. The van der Waals surface area contributed by atoms with Crippen molar-refractivity contribution in [2.45, 2.75) is 20.4 Å². The van der Waals surface area contributed by atoms with Crippen molar-refractivity contribution >= 4 is 16.9 Å². The van der Waals surface area contributed by atoms with Gasteiger partial charge in [0.25, 0.3) is 0 Å². The Hall–Kier alpha value is -4.71. The average molecular weight is 507 g/mol. The first-order valence-electron chi connectivity index (χ1n) is 12.6. The summed E-state index contributed by atoms with van der Waals surface area (Å²) in [5, 5.41) is 10.8. The predicted octanol–water partition coefficient (Wildman–Crippen LogP) is 6.57. The maximum Gasteiger partial charge on any atom is 0.308 e. The van der Waals surface area contributed by atoms with E-state index in [1.54, 1.807) is 12.1 Å². The van der Waals surface area contributed by atoms with E-state index < -0.39 is 0 Å². The number of aryl methyl sites for hydroxylation is 1. The van der Waals surface area contributed by atoms with E-state index in [0.717, 1.165) is 45.6 Å². The third-order valence-electron chi connectivity index (χ3n) is 6.46. The first-order chi connectivity index (χ1) is 18.5. The van der Waals surface area contributed by atoms with Crippen molar-refractivity contribution < 1.29 is 19.4 Å². The molecule has 1 N–H and O–H groups in total. The summed E-state index contributed by atoms with van der Waals surface area (Å²) in [4.78, 5) is 13.6. The minimum absolute atomic E-state index is 0.223. The molecule has 4 aromatic rings. The Bertz CT molecular complexity index is 1510. The first kappa shape index (κ1) is 25.0. The smallest absolute Gasteiger partial charge is 0.308 e. The minimum Gasteiger partial charge on any atom is -0.508 e. The van der Waals surface area contributed by atoms with Gasteiger partial charge < -0.3 is 24.0 Å². The molecule has 0 spiro atoms. The maximum atomic E-state index is 11.5. The number of aromatic hydroxyl groups is 1. The lowest BCUT2D eigenvalue weighted by molar-refractivity contribution is -0.131. The Morgan fingerprint density at radius 3 is 2.24 bits per heavy atom. The topological polar surface area (TPSA) is 63.9 Å². The van der Waals surface area contributed by atoms with Gasteiger partial charge in [0.1, 0.15) is 23.9 Å². The normalized spacial score (nSPS) is 12.6. The van der Waals surface area contributed by atoms with Crippen molar-refractivity contribution in [2.24, 2.45) is 0 Å². The molecular weight excluding hydrogens is 476 g/mol. The molecule has 1 aliphatic rings. The summed E-state index contributed by atoms with van der Waals surface area (Å²) in [6.45, 7) is 5.45. The van der Waals surface area contributed by atoms with Crippen LogP contribution in [0.4, 0.5) is 0 Å². The van der Waals surface area contributed by atoms with Crippen molar-refractivity contribution in [3.05, 3.63) is 115 Å². The number of aromatic nitrogens is 1. The molecule has 3 aromatic carbocycles. The van der Waals surface area contributed by atoms with E-state index in [2.05, 4.69) is 28.5 Å². The highest BCUT2D eigenvalue weighted by molar-refractivity contribution is 5.93. The number of carbonyl (C=O) groups is 1. The molecule has 0 unspecified atom stereocenters. The molecule has 6 heteroatoms. The standard InChI is InChI=1S/C32H30N2O4/c1-23-30-21-29(38-24(2)35)15-16-31(30)34(32(23)26-9-11-27(36)12-10-26)22-25-7-13-28(14-8-25)37-20-19-33-17-5-3-4-6-18-33/h3-18,21,36H,19-20,22H2,1-2H3. The molecule has 38 heavy (non-hydrogen) atoms. The lowest BCUT2D eigenvalue weighted by atomic mass is 10.1. The number of nitrogens with zero attached hydrogens (tertiary/aromatic N) is 2. The fraction of sp³-hybridized carbons (Fsp3) is 0.156. The highest BCUT2D eigenvalue weighted by Crippen LogP contribution is 2.36. The third kappa shape index (κ3) is 5.65. The van der Waals surface area contributed by atoms with Gasteiger partial charge in [0.2, 0.25) is 0 Å². The van der Waals surface area contributed by atoms with Crippen LogP contribution in [0.25, 0.3) is 22.2 Å². The molecule has 0 saturated heterocycles. The van der Waals surface area contributed by atoms with Crippen LogP contribution in [-0.2, 0) is 11.3 Å². The van der Waals surface area contributed by atoms with E-state index in [4.69, 9.17) is 9.47 Å². The minimum atomic E-state index is -0.348. The Labute approximate surface area is 222 Å². The number of carbonyl (C=O) groups excluding carboxylic acids is 1. The van der Waals surface area contributed by atoms with Crippen molar-refractivity contribution in [1.82, 2.24) is 9.47 Å². The second kappa shape index (κ2) is 11.1. The maximum absolute atomic E-state index is 11.5. The highest BCUT2D eigenvalue weighted by Gasteiger charge is 2.17. The van der Waals surface area contributed by atoms with Crippen LogP contribution in [-0.4, -0.2) is 33.7 Å². The molecule has 192 valence electrons. The van der Waals surface area contributed by atoms with Crippen molar-refractivity contribution in [3.8, 4) is 28.5 Å². The molecule has 0 aliphatic carbocycles. The zero-order valence-electron chi connectivity index (χ0n) is 21.5. The Morgan fingerprint density at radius 2 is 1.55 bits per heavy atom. The van der Waals surface area contributed by atoms with Crippen molar-refractivity contribution in [1.29, 1.82) is 0 Å². The van der Waals surface area contributed by atoms with E-state index >= 15 is 0 Å². The van der Waals surface area contributed by atoms with Gasteiger partial charge >= 0.3 is 5.97 Å². The summed E-state index contributed by atoms with van der Waals surface area (Å²) in [6, 6.07) is 21.1. The molecule has 6 nitrogen and oxygen atoms in total. The van der Waals surface area contributed by atoms with Gasteiger partial charge in [-0.05, 0) is 90.4 Å². The van der Waals surface area contributed by atoms with E-state index in [9.17, 15) is 9.90 Å². The van der Waals surface area contributed by atoms with Gasteiger partial charge in [-0.2, -0.15) is 0 Å². The van der Waals surface area contributed by atoms with Crippen LogP contribution in [0.2, 0.25) is 0 Å². The van der Waals surface area contributed by atoms with Gasteiger partial charge in [-0.1, -0.05) is 24.3 Å². The van der Waals surface area contributed by atoms with E-state index in [1.807, 2.05) is 79.2 Å². The van der Waals surface area contributed by atoms with Gasteiger partial charge in [0, 0.05) is 36.8 Å². The number of hydrogen-bond acceptors (Lipinski definition) is 5. The van der Waals surface area contributed by atoms with Gasteiger partial charge in [-0.25, -0.2) is 0 Å². The molecule has 0 bridgehead atoms. The van der Waals surface area contributed by atoms with Gasteiger partial charge in [0.05, 0.1) is 12.2 Å². The molecule has 5 rings (SSSR count). The molecule has 1 aliphatic heterocycles. The van der Waals surface area contributed by atoms with Crippen molar-refractivity contribution in [2.75, 3.05) is 13.2 Å². The number of ether oxygens (including phenoxy) is 2. The fourth-order valence-corrected chi connectivity index (χ4v) is 4.68.